The molecule has 0 spiro atoms. The number of nitrogens with zero attached hydrogens (tertiary/aromatic N) is 1. The van der Waals surface area contributed by atoms with Crippen molar-refractivity contribution in [1.29, 1.82) is 0 Å². The van der Waals surface area contributed by atoms with Gasteiger partial charge in [0.1, 0.15) is 5.41 Å². The minimum absolute atomic E-state index is 0.0177. The van der Waals surface area contributed by atoms with Crippen molar-refractivity contribution in [2.45, 2.75) is 32.6 Å². The Morgan fingerprint density at radius 2 is 2.00 bits per heavy atom. The fourth-order valence-electron chi connectivity index (χ4n) is 2.02. The van der Waals surface area contributed by atoms with Crippen molar-refractivity contribution in [1.82, 2.24) is 4.90 Å². The first-order chi connectivity index (χ1) is 7.58. The number of aliphatic hydroxyl groups excluding tert-OH is 1. The number of carbonyl (C=O) groups excluding carboxylic acids is 1. The SMILES string of the molecule is CCN(CCCO)C(=O)C1(C(=O)O)CCC1. The number of rotatable bonds is 6. The summed E-state index contributed by atoms with van der Waals surface area (Å²) in [5, 5.41) is 17.8. The summed E-state index contributed by atoms with van der Waals surface area (Å²) in [6, 6.07) is 0. The Labute approximate surface area is 95.1 Å². The number of hydrogen-bond donors (Lipinski definition) is 2. The topological polar surface area (TPSA) is 77.8 Å². The quantitative estimate of drug-likeness (QED) is 0.649. The van der Waals surface area contributed by atoms with E-state index in [1.807, 2.05) is 6.92 Å². The molecule has 1 fully saturated rings. The molecule has 1 aliphatic carbocycles. The van der Waals surface area contributed by atoms with Crippen LogP contribution < -0.4 is 0 Å². The molecule has 0 aromatic rings. The Morgan fingerprint density at radius 3 is 2.31 bits per heavy atom. The van der Waals surface area contributed by atoms with E-state index in [0.717, 1.165) is 6.42 Å². The normalized spacial score (nSPS) is 17.6. The van der Waals surface area contributed by atoms with Crippen molar-refractivity contribution >= 4 is 11.9 Å². The Hall–Kier alpha value is -1.10. The minimum Gasteiger partial charge on any atom is -0.480 e. The third-order valence-electron chi connectivity index (χ3n) is 3.28. The van der Waals surface area contributed by atoms with Crippen LogP contribution in [0.25, 0.3) is 0 Å². The number of carbonyl (C=O) groups is 2. The smallest absolute Gasteiger partial charge is 0.319 e. The van der Waals surface area contributed by atoms with Gasteiger partial charge in [-0.1, -0.05) is 6.42 Å². The van der Waals surface area contributed by atoms with Gasteiger partial charge in [0, 0.05) is 19.7 Å². The molecule has 1 rings (SSSR count). The van der Waals surface area contributed by atoms with E-state index in [2.05, 4.69) is 0 Å². The lowest BCUT2D eigenvalue weighted by Gasteiger charge is -2.39. The lowest BCUT2D eigenvalue weighted by molar-refractivity contribution is -0.167. The lowest BCUT2D eigenvalue weighted by Crippen LogP contribution is -2.52. The van der Waals surface area contributed by atoms with E-state index in [1.54, 1.807) is 0 Å². The molecule has 1 amide bonds. The zero-order valence-corrected chi connectivity index (χ0v) is 9.61. The molecule has 0 radical (unpaired) electrons. The summed E-state index contributed by atoms with van der Waals surface area (Å²) in [5.41, 5.74) is -1.18. The van der Waals surface area contributed by atoms with Crippen molar-refractivity contribution in [2.75, 3.05) is 19.7 Å². The van der Waals surface area contributed by atoms with Crippen molar-refractivity contribution < 1.29 is 19.8 Å². The molecule has 16 heavy (non-hydrogen) atoms. The molecule has 0 aliphatic heterocycles. The van der Waals surface area contributed by atoms with E-state index < -0.39 is 11.4 Å². The monoisotopic (exact) mass is 229 g/mol. The van der Waals surface area contributed by atoms with Gasteiger partial charge in [-0.2, -0.15) is 0 Å². The molecule has 2 N–H and O–H groups in total. The second-order valence-corrected chi connectivity index (χ2v) is 4.20. The first kappa shape index (κ1) is 13.0. The van der Waals surface area contributed by atoms with Crippen molar-refractivity contribution in [3.05, 3.63) is 0 Å². The van der Waals surface area contributed by atoms with Crippen LogP contribution >= 0.6 is 0 Å². The maximum atomic E-state index is 12.1. The molecule has 0 bridgehead atoms. The molecule has 92 valence electrons. The highest BCUT2D eigenvalue weighted by molar-refractivity contribution is 6.02. The molecule has 0 aromatic carbocycles. The van der Waals surface area contributed by atoms with Gasteiger partial charge in [-0.05, 0) is 26.2 Å². The zero-order valence-electron chi connectivity index (χ0n) is 9.61. The average molecular weight is 229 g/mol. The van der Waals surface area contributed by atoms with Gasteiger partial charge < -0.3 is 15.1 Å². The number of amides is 1. The molecule has 5 heteroatoms. The predicted octanol–water partition coefficient (Wildman–Crippen LogP) is 0.472. The highest BCUT2D eigenvalue weighted by atomic mass is 16.4. The van der Waals surface area contributed by atoms with E-state index in [9.17, 15) is 9.59 Å². The largest absolute Gasteiger partial charge is 0.480 e. The van der Waals surface area contributed by atoms with Crippen LogP contribution in [0.3, 0.4) is 0 Å². The maximum absolute atomic E-state index is 12.1. The van der Waals surface area contributed by atoms with Crippen LogP contribution in [0, 0.1) is 5.41 Å². The van der Waals surface area contributed by atoms with Crippen LogP contribution in [0.1, 0.15) is 32.6 Å². The van der Waals surface area contributed by atoms with Crippen LogP contribution in [-0.4, -0.2) is 46.7 Å². The minimum atomic E-state index is -1.18. The van der Waals surface area contributed by atoms with E-state index >= 15 is 0 Å². The van der Waals surface area contributed by atoms with Gasteiger partial charge in [0.05, 0.1) is 0 Å². The summed E-state index contributed by atoms with van der Waals surface area (Å²) in [4.78, 5) is 24.8. The number of aliphatic hydroxyl groups is 1. The lowest BCUT2D eigenvalue weighted by atomic mass is 9.67. The molecule has 0 heterocycles. The maximum Gasteiger partial charge on any atom is 0.319 e. The van der Waals surface area contributed by atoms with Crippen LogP contribution in [0.2, 0.25) is 0 Å². The highest BCUT2D eigenvalue weighted by Crippen LogP contribution is 2.42. The molecule has 1 saturated carbocycles. The summed E-state index contributed by atoms with van der Waals surface area (Å²) in [6.45, 7) is 2.77. The Morgan fingerprint density at radius 1 is 1.38 bits per heavy atom. The van der Waals surface area contributed by atoms with E-state index in [-0.39, 0.29) is 12.5 Å². The molecular formula is C11H19NO4. The second kappa shape index (κ2) is 5.30. The second-order valence-electron chi connectivity index (χ2n) is 4.20. The number of hydrogen-bond acceptors (Lipinski definition) is 3. The molecule has 0 atom stereocenters. The van der Waals surface area contributed by atoms with Gasteiger partial charge >= 0.3 is 5.97 Å². The van der Waals surface area contributed by atoms with Crippen molar-refractivity contribution in [3.8, 4) is 0 Å². The number of aliphatic carboxylic acids is 1. The first-order valence-electron chi connectivity index (χ1n) is 5.72. The average Bonchev–Trinajstić information content (AvgIpc) is 2.16. The third kappa shape index (κ3) is 2.19. The molecule has 0 saturated heterocycles. The van der Waals surface area contributed by atoms with Gasteiger partial charge in [0.15, 0.2) is 0 Å². The standard InChI is InChI=1S/C11H19NO4/c1-2-12(7-4-8-13)9(14)11(10(15)16)5-3-6-11/h13H,2-8H2,1H3,(H,15,16). The van der Waals surface area contributed by atoms with E-state index in [4.69, 9.17) is 10.2 Å². The molecule has 1 aliphatic rings. The number of carboxylic acids is 1. The van der Waals surface area contributed by atoms with Crippen molar-refractivity contribution in [2.24, 2.45) is 5.41 Å². The van der Waals surface area contributed by atoms with E-state index in [1.165, 1.54) is 4.90 Å². The Bertz CT molecular complexity index is 273. The predicted molar refractivity (Wildman–Crippen MR) is 57.9 cm³/mol. The summed E-state index contributed by atoms with van der Waals surface area (Å²) in [7, 11) is 0. The van der Waals surface area contributed by atoms with Crippen LogP contribution in [0.5, 0.6) is 0 Å². The molecule has 5 nitrogen and oxygen atoms in total. The number of carboxylic acid groups (broad SMARTS) is 1. The van der Waals surface area contributed by atoms with E-state index in [0.29, 0.717) is 32.4 Å². The van der Waals surface area contributed by atoms with Gasteiger partial charge in [-0.3, -0.25) is 9.59 Å². The molecule has 0 aromatic heterocycles. The zero-order chi connectivity index (χ0) is 12.2. The summed E-state index contributed by atoms with van der Waals surface area (Å²) in [6.07, 6.45) is 2.18. The van der Waals surface area contributed by atoms with Crippen LogP contribution in [-0.2, 0) is 9.59 Å². The molecular weight excluding hydrogens is 210 g/mol. The van der Waals surface area contributed by atoms with Gasteiger partial charge in [-0.15, -0.1) is 0 Å². The fraction of sp³-hybridized carbons (Fsp3) is 0.818. The van der Waals surface area contributed by atoms with Crippen LogP contribution in [0.4, 0.5) is 0 Å². The first-order valence-corrected chi connectivity index (χ1v) is 5.72. The summed E-state index contributed by atoms with van der Waals surface area (Å²) >= 11 is 0. The van der Waals surface area contributed by atoms with Crippen molar-refractivity contribution in [3.63, 3.8) is 0 Å². The Kier molecular flexibility index (Phi) is 4.29. The Balaban J connectivity index is 2.69. The summed E-state index contributed by atoms with van der Waals surface area (Å²) in [5.74, 6) is -1.30. The fourth-order valence-corrected chi connectivity index (χ4v) is 2.02. The highest BCUT2D eigenvalue weighted by Gasteiger charge is 2.52. The van der Waals surface area contributed by atoms with Gasteiger partial charge in [0.25, 0.3) is 0 Å². The van der Waals surface area contributed by atoms with Crippen LogP contribution in [0.15, 0.2) is 0 Å². The molecule has 0 unspecified atom stereocenters. The summed E-state index contributed by atoms with van der Waals surface area (Å²) < 4.78 is 0. The van der Waals surface area contributed by atoms with Gasteiger partial charge in [0.2, 0.25) is 5.91 Å². The third-order valence-corrected chi connectivity index (χ3v) is 3.28. The van der Waals surface area contributed by atoms with Gasteiger partial charge in [-0.25, -0.2) is 0 Å².